The highest BCUT2D eigenvalue weighted by Crippen LogP contribution is 2.30. The van der Waals surface area contributed by atoms with Gasteiger partial charge in [-0.3, -0.25) is 13.9 Å². The number of halogens is 1. The van der Waals surface area contributed by atoms with Gasteiger partial charge in [-0.05, 0) is 73.7 Å². The summed E-state index contributed by atoms with van der Waals surface area (Å²) in [5.41, 5.74) is 4.55. The second kappa shape index (κ2) is 15.4. The second-order valence-electron chi connectivity index (χ2n) is 12.1. The summed E-state index contributed by atoms with van der Waals surface area (Å²) in [5, 5.41) is 3.47. The van der Waals surface area contributed by atoms with Crippen LogP contribution in [0.5, 0.6) is 0 Å². The smallest absolute Gasteiger partial charge is 0.264 e. The van der Waals surface area contributed by atoms with Crippen LogP contribution in [-0.2, 0) is 32.6 Å². The summed E-state index contributed by atoms with van der Waals surface area (Å²) in [7, 11) is -4.20. The first-order valence-electron chi connectivity index (χ1n) is 15.4. The zero-order valence-electron chi connectivity index (χ0n) is 27.0. The molecular weight excluding hydrogens is 618 g/mol. The summed E-state index contributed by atoms with van der Waals surface area (Å²) in [6, 6.07) is 27.8. The van der Waals surface area contributed by atoms with Gasteiger partial charge in [0.25, 0.3) is 10.0 Å². The predicted octanol–water partition coefficient (Wildman–Crippen LogP) is 6.87. The van der Waals surface area contributed by atoms with Gasteiger partial charge in [0.1, 0.15) is 12.6 Å². The van der Waals surface area contributed by atoms with Crippen molar-refractivity contribution in [1.29, 1.82) is 0 Å². The van der Waals surface area contributed by atoms with Crippen molar-refractivity contribution in [1.82, 2.24) is 10.2 Å². The van der Waals surface area contributed by atoms with Gasteiger partial charge in [0.2, 0.25) is 11.8 Å². The minimum absolute atomic E-state index is 0.0565. The SMILES string of the molecule is Cc1ccc(S(=O)(=O)N(CC(=O)N(Cc2cccc(C)c2)C(Cc2ccccc2)C(=O)NCC(C)C)c2ccc(Cl)cc2C)cc1. The van der Waals surface area contributed by atoms with E-state index in [2.05, 4.69) is 5.32 Å². The molecule has 0 saturated carbocycles. The highest BCUT2D eigenvalue weighted by Gasteiger charge is 2.35. The standard InChI is InChI=1S/C37H42ClN3O4S/c1-26(2)23-39-37(43)35(22-30-11-7-6-8-12-30)40(24-31-13-9-10-28(4)20-31)36(42)25-41(34-19-16-32(38)21-29(34)5)46(44,45)33-17-14-27(3)15-18-33/h6-21,26,35H,22-25H2,1-5H3,(H,39,43). The molecule has 0 fully saturated rings. The van der Waals surface area contributed by atoms with E-state index in [-0.39, 0.29) is 29.7 Å². The number of benzene rings is 4. The van der Waals surface area contributed by atoms with Crippen molar-refractivity contribution in [3.63, 3.8) is 0 Å². The van der Waals surface area contributed by atoms with Gasteiger partial charge in [-0.15, -0.1) is 0 Å². The fraction of sp³-hybridized carbons (Fsp3) is 0.297. The van der Waals surface area contributed by atoms with Crippen molar-refractivity contribution >= 4 is 39.1 Å². The molecule has 0 aliphatic carbocycles. The highest BCUT2D eigenvalue weighted by atomic mass is 35.5. The van der Waals surface area contributed by atoms with Gasteiger partial charge in [-0.1, -0.05) is 103 Å². The zero-order valence-corrected chi connectivity index (χ0v) is 28.6. The maximum Gasteiger partial charge on any atom is 0.264 e. The summed E-state index contributed by atoms with van der Waals surface area (Å²) in [4.78, 5) is 30.1. The number of carbonyl (C=O) groups excluding carboxylic acids is 2. The van der Waals surface area contributed by atoms with Crippen molar-refractivity contribution in [2.24, 2.45) is 5.92 Å². The lowest BCUT2D eigenvalue weighted by Gasteiger charge is -2.34. The fourth-order valence-electron chi connectivity index (χ4n) is 5.23. The molecule has 4 aromatic carbocycles. The molecule has 0 radical (unpaired) electrons. The number of hydrogen-bond acceptors (Lipinski definition) is 4. The zero-order chi connectivity index (χ0) is 33.4. The van der Waals surface area contributed by atoms with Crippen molar-refractivity contribution in [2.75, 3.05) is 17.4 Å². The Kier molecular flexibility index (Phi) is 11.7. The summed E-state index contributed by atoms with van der Waals surface area (Å²) in [6.07, 6.45) is 0.257. The number of anilines is 1. The second-order valence-corrected chi connectivity index (χ2v) is 14.4. The molecule has 0 bridgehead atoms. The number of amides is 2. The van der Waals surface area contributed by atoms with Crippen molar-refractivity contribution < 1.29 is 18.0 Å². The summed E-state index contributed by atoms with van der Waals surface area (Å²) in [6.45, 7) is 9.64. The monoisotopic (exact) mass is 659 g/mol. The van der Waals surface area contributed by atoms with Gasteiger partial charge in [-0.25, -0.2) is 8.42 Å². The molecule has 9 heteroatoms. The van der Waals surface area contributed by atoms with Crippen LogP contribution in [0, 0.1) is 26.7 Å². The number of nitrogens with one attached hydrogen (secondary N) is 1. The third kappa shape index (κ3) is 8.98. The Balaban J connectivity index is 1.82. The van der Waals surface area contributed by atoms with E-state index in [1.165, 1.54) is 17.0 Å². The third-order valence-electron chi connectivity index (χ3n) is 7.71. The van der Waals surface area contributed by atoms with Crippen LogP contribution in [-0.4, -0.2) is 44.3 Å². The number of carbonyl (C=O) groups is 2. The normalized spacial score (nSPS) is 12.1. The molecule has 1 N–H and O–H groups in total. The molecule has 46 heavy (non-hydrogen) atoms. The average Bonchev–Trinajstić information content (AvgIpc) is 3.01. The van der Waals surface area contributed by atoms with Crippen molar-refractivity contribution in [3.8, 4) is 0 Å². The molecular formula is C37H42ClN3O4S. The van der Waals surface area contributed by atoms with E-state index < -0.39 is 28.5 Å². The van der Waals surface area contributed by atoms with Gasteiger partial charge >= 0.3 is 0 Å². The van der Waals surface area contributed by atoms with Crippen molar-refractivity contribution in [3.05, 3.63) is 130 Å². The van der Waals surface area contributed by atoms with E-state index in [1.807, 2.05) is 82.3 Å². The van der Waals surface area contributed by atoms with Crippen LogP contribution in [0.2, 0.25) is 5.02 Å². The molecule has 1 atom stereocenters. The minimum atomic E-state index is -4.20. The fourth-order valence-corrected chi connectivity index (χ4v) is 6.94. The van der Waals surface area contributed by atoms with Crippen LogP contribution in [0.15, 0.2) is 102 Å². The largest absolute Gasteiger partial charge is 0.354 e. The van der Waals surface area contributed by atoms with Gasteiger partial charge < -0.3 is 10.2 Å². The molecule has 0 aromatic heterocycles. The summed E-state index contributed by atoms with van der Waals surface area (Å²) < 4.78 is 29.6. The van der Waals surface area contributed by atoms with Crippen LogP contribution in [0.4, 0.5) is 5.69 Å². The van der Waals surface area contributed by atoms with E-state index in [4.69, 9.17) is 11.6 Å². The minimum Gasteiger partial charge on any atom is -0.354 e. The average molecular weight is 660 g/mol. The Hall–Kier alpha value is -4.14. The molecule has 1 unspecified atom stereocenters. The number of sulfonamides is 1. The molecule has 0 aliphatic heterocycles. The predicted molar refractivity (Wildman–Crippen MR) is 185 cm³/mol. The summed E-state index contributed by atoms with van der Waals surface area (Å²) >= 11 is 6.25. The van der Waals surface area contributed by atoms with Crippen LogP contribution in [0.3, 0.4) is 0 Å². The molecule has 242 valence electrons. The van der Waals surface area contributed by atoms with Crippen LogP contribution >= 0.6 is 11.6 Å². The molecule has 0 saturated heterocycles. The molecule has 4 aromatic rings. The first-order chi connectivity index (χ1) is 21.8. The summed E-state index contributed by atoms with van der Waals surface area (Å²) in [5.74, 6) is -0.605. The molecule has 2 amide bonds. The Bertz CT molecular complexity index is 1760. The first kappa shape index (κ1) is 34.7. The first-order valence-corrected chi connectivity index (χ1v) is 17.2. The van der Waals surface area contributed by atoms with Gasteiger partial charge in [0, 0.05) is 24.5 Å². The molecule has 7 nitrogen and oxygen atoms in total. The topological polar surface area (TPSA) is 86.8 Å². The Morgan fingerprint density at radius 1 is 0.804 bits per heavy atom. The molecule has 0 aliphatic rings. The van der Waals surface area contributed by atoms with Crippen LogP contribution < -0.4 is 9.62 Å². The number of aryl methyl sites for hydroxylation is 3. The molecule has 4 rings (SSSR count). The van der Waals surface area contributed by atoms with Gasteiger partial charge in [0.05, 0.1) is 10.6 Å². The lowest BCUT2D eigenvalue weighted by Crippen LogP contribution is -2.53. The van der Waals surface area contributed by atoms with E-state index in [1.54, 1.807) is 37.3 Å². The molecule has 0 spiro atoms. The maximum atomic E-state index is 14.6. The number of nitrogens with zero attached hydrogens (tertiary/aromatic N) is 2. The number of hydrogen-bond donors (Lipinski definition) is 1. The van der Waals surface area contributed by atoms with E-state index in [0.29, 0.717) is 22.8 Å². The number of rotatable bonds is 13. The van der Waals surface area contributed by atoms with Gasteiger partial charge in [-0.2, -0.15) is 0 Å². The Labute approximate surface area is 278 Å². The van der Waals surface area contributed by atoms with E-state index in [9.17, 15) is 18.0 Å². The van der Waals surface area contributed by atoms with E-state index in [0.717, 1.165) is 26.6 Å². The highest BCUT2D eigenvalue weighted by molar-refractivity contribution is 7.92. The van der Waals surface area contributed by atoms with Crippen LogP contribution in [0.25, 0.3) is 0 Å². The van der Waals surface area contributed by atoms with Crippen LogP contribution in [0.1, 0.15) is 41.7 Å². The van der Waals surface area contributed by atoms with Crippen molar-refractivity contribution in [2.45, 2.75) is 58.5 Å². The van der Waals surface area contributed by atoms with E-state index >= 15 is 0 Å². The van der Waals surface area contributed by atoms with Gasteiger partial charge in [0.15, 0.2) is 0 Å². The quantitative estimate of drug-likeness (QED) is 0.170. The lowest BCUT2D eigenvalue weighted by molar-refractivity contribution is -0.140. The Morgan fingerprint density at radius 3 is 2.11 bits per heavy atom. The Morgan fingerprint density at radius 2 is 1.48 bits per heavy atom. The molecule has 0 heterocycles. The lowest BCUT2D eigenvalue weighted by atomic mass is 10.0. The third-order valence-corrected chi connectivity index (χ3v) is 9.72. The maximum absolute atomic E-state index is 14.6.